The molecule has 0 rings (SSSR count). The van der Waals surface area contributed by atoms with Crippen LogP contribution in [0.25, 0.3) is 0 Å². The van der Waals surface area contributed by atoms with Gasteiger partial charge in [-0.25, -0.2) is 0 Å². The van der Waals surface area contributed by atoms with Crippen LogP contribution in [-0.2, 0) is 74.6 Å². The fourth-order valence-corrected chi connectivity index (χ4v) is 0. The molecule has 0 unspecified atom stereocenters. The van der Waals surface area contributed by atoms with Gasteiger partial charge < -0.3 is 57.5 Å². The summed E-state index contributed by atoms with van der Waals surface area (Å²) in [5, 5.41) is 0. The van der Waals surface area contributed by atoms with Crippen LogP contribution in [0.5, 0.6) is 0 Å². The minimum absolute atomic E-state index is 0. The summed E-state index contributed by atoms with van der Waals surface area (Å²) >= 11 is 0. The molecule has 0 spiro atoms. The van der Waals surface area contributed by atoms with Gasteiger partial charge in [-0.15, -0.1) is 0 Å². The molecule has 13 heteroatoms. The van der Waals surface area contributed by atoms with Crippen LogP contribution in [0.2, 0.25) is 0 Å². The Morgan fingerprint density at radius 1 is 0.160 bits per heavy atom. The first-order valence-corrected chi connectivity index (χ1v) is 3.46. The van der Waals surface area contributed by atoms with E-state index in [1.54, 1.807) is 0 Å². The summed E-state index contributed by atoms with van der Waals surface area (Å²) in [5.74, 6) is 0. The molecule has 0 fully saturated rings. The van der Waals surface area contributed by atoms with Crippen molar-refractivity contribution in [2.24, 2.45) is 0 Å². The molecule has 0 aliphatic heterocycles. The standard InChI is InChI=1S/12CH2O.Fe/c12*1-2;/h12*1H2;. The van der Waals surface area contributed by atoms with Crippen molar-refractivity contribution >= 4 is 81.5 Å². The fourth-order valence-electron chi connectivity index (χ4n) is 0. The average Bonchev–Trinajstić information content (AvgIpc) is 2.84. The van der Waals surface area contributed by atoms with Gasteiger partial charge in [0.2, 0.25) is 0 Å². The van der Waals surface area contributed by atoms with Gasteiger partial charge in [0.05, 0.1) is 0 Å². The monoisotopic (exact) mass is 416 g/mol. The van der Waals surface area contributed by atoms with Crippen LogP contribution < -0.4 is 0 Å². The predicted molar refractivity (Wildman–Crippen MR) is 85.5 cm³/mol. The third-order valence-corrected chi connectivity index (χ3v) is 0. The summed E-state index contributed by atoms with van der Waals surface area (Å²) < 4.78 is 0. The molecule has 0 N–H and O–H groups in total. The molecule has 0 aromatic heterocycles. The number of carbonyl (C=O) groups is 12. The van der Waals surface area contributed by atoms with E-state index in [9.17, 15) is 0 Å². The molecule has 0 aliphatic carbocycles. The van der Waals surface area contributed by atoms with Crippen LogP contribution in [0.4, 0.5) is 0 Å². The van der Waals surface area contributed by atoms with Crippen molar-refractivity contribution in [1.82, 2.24) is 0 Å². The summed E-state index contributed by atoms with van der Waals surface area (Å²) in [5.41, 5.74) is 0. The van der Waals surface area contributed by atoms with Gasteiger partial charge in [0.25, 0.3) is 0 Å². The molecule has 0 saturated carbocycles. The van der Waals surface area contributed by atoms with Crippen LogP contribution in [0.3, 0.4) is 0 Å². The van der Waals surface area contributed by atoms with E-state index in [0.29, 0.717) is 0 Å². The summed E-state index contributed by atoms with van der Waals surface area (Å²) in [4.78, 5) is 96.0. The molecule has 0 aliphatic rings. The maximum Gasteiger partial charge on any atom is 0.106 e. The third kappa shape index (κ3) is 598. The molecule has 0 atom stereocenters. The van der Waals surface area contributed by atoms with E-state index in [0.717, 1.165) is 0 Å². The zero-order valence-corrected chi connectivity index (χ0v) is 14.8. The average molecular weight is 416 g/mol. The minimum Gasteiger partial charge on any atom is -0.307 e. The Labute approximate surface area is 156 Å². The van der Waals surface area contributed by atoms with Gasteiger partial charge in [0.1, 0.15) is 81.5 Å². The molecular weight excluding hydrogens is 392 g/mol. The van der Waals surface area contributed by atoms with Gasteiger partial charge in [-0.3, -0.25) is 0 Å². The van der Waals surface area contributed by atoms with Crippen molar-refractivity contribution in [3.8, 4) is 0 Å². The second kappa shape index (κ2) is 664. The molecule has 0 aromatic carbocycles. The van der Waals surface area contributed by atoms with Gasteiger partial charge in [-0.1, -0.05) is 0 Å². The molecule has 12 nitrogen and oxygen atoms in total. The Hall–Kier alpha value is -3.44. The zero-order valence-electron chi connectivity index (χ0n) is 13.7. The Morgan fingerprint density at radius 2 is 0.160 bits per heavy atom. The zero-order chi connectivity index (χ0) is 24.0. The first-order chi connectivity index (χ1) is 12.0. The largest absolute Gasteiger partial charge is 0.307 e. The summed E-state index contributed by atoms with van der Waals surface area (Å²) in [6.45, 7) is 24.0. The second-order valence-electron chi connectivity index (χ2n) is 0. The molecule has 0 saturated heterocycles. The van der Waals surface area contributed by atoms with Crippen molar-refractivity contribution in [1.29, 1.82) is 0 Å². The van der Waals surface area contributed by atoms with Gasteiger partial charge in [0, 0.05) is 17.1 Å². The molecular formula is C12H24FeO12. The van der Waals surface area contributed by atoms with E-state index in [2.05, 4.69) is 0 Å². The van der Waals surface area contributed by atoms with Crippen molar-refractivity contribution < 1.29 is 74.6 Å². The first kappa shape index (κ1) is 124. The van der Waals surface area contributed by atoms with Crippen LogP contribution in [-0.4, -0.2) is 81.5 Å². The SMILES string of the molecule is C=O.C=O.C=O.C=O.C=O.C=O.C=O.C=O.C=O.C=O.C=O.C=O.[Fe]. The maximum absolute atomic E-state index is 8.00. The van der Waals surface area contributed by atoms with E-state index in [1.807, 2.05) is 81.5 Å². The van der Waals surface area contributed by atoms with Crippen LogP contribution in [0.15, 0.2) is 0 Å². The van der Waals surface area contributed by atoms with Crippen molar-refractivity contribution in [2.75, 3.05) is 0 Å². The molecule has 152 valence electrons. The Morgan fingerprint density at radius 3 is 0.160 bits per heavy atom. The van der Waals surface area contributed by atoms with E-state index in [1.165, 1.54) is 0 Å². The van der Waals surface area contributed by atoms with Crippen molar-refractivity contribution in [3.05, 3.63) is 0 Å². The first-order valence-electron chi connectivity index (χ1n) is 3.46. The Kier molecular flexibility index (Phi) is 3310. The Balaban J connectivity index is -0.00000000569. The fraction of sp³-hybridized carbons (Fsp3) is 0. The third-order valence-electron chi connectivity index (χ3n) is 0. The van der Waals surface area contributed by atoms with Gasteiger partial charge >= 0.3 is 0 Å². The number of carbonyl (C=O) groups excluding carboxylic acids is 12. The van der Waals surface area contributed by atoms with E-state index in [-0.39, 0.29) is 17.1 Å². The number of hydrogen-bond donors (Lipinski definition) is 0. The van der Waals surface area contributed by atoms with Crippen LogP contribution >= 0.6 is 0 Å². The van der Waals surface area contributed by atoms with Gasteiger partial charge in [0.15, 0.2) is 0 Å². The van der Waals surface area contributed by atoms with E-state index in [4.69, 9.17) is 57.5 Å². The molecule has 0 heterocycles. The van der Waals surface area contributed by atoms with Gasteiger partial charge in [-0.2, -0.15) is 0 Å². The topological polar surface area (TPSA) is 205 Å². The molecule has 0 bridgehead atoms. The quantitative estimate of drug-likeness (QED) is 0.385. The summed E-state index contributed by atoms with van der Waals surface area (Å²) in [7, 11) is 0. The van der Waals surface area contributed by atoms with Crippen molar-refractivity contribution in [3.63, 3.8) is 0 Å². The summed E-state index contributed by atoms with van der Waals surface area (Å²) in [6, 6.07) is 0. The summed E-state index contributed by atoms with van der Waals surface area (Å²) in [6.07, 6.45) is 0. The minimum atomic E-state index is 0. The molecule has 0 aromatic rings. The van der Waals surface area contributed by atoms with Crippen molar-refractivity contribution in [2.45, 2.75) is 0 Å². The molecule has 0 radical (unpaired) electrons. The molecule has 25 heavy (non-hydrogen) atoms. The predicted octanol–water partition coefficient (Wildman–Crippen LogP) is -2.22. The second-order valence-corrected chi connectivity index (χ2v) is 0. The van der Waals surface area contributed by atoms with E-state index >= 15 is 0 Å². The maximum atomic E-state index is 8.00. The van der Waals surface area contributed by atoms with Gasteiger partial charge in [-0.05, 0) is 0 Å². The number of rotatable bonds is 0. The number of hydrogen-bond acceptors (Lipinski definition) is 12. The molecule has 0 amide bonds. The smallest absolute Gasteiger partial charge is 0.106 e. The Bertz CT molecular complexity index is 73.1. The van der Waals surface area contributed by atoms with E-state index < -0.39 is 0 Å². The normalized spacial score (nSPS) is 1.92. The van der Waals surface area contributed by atoms with Crippen LogP contribution in [0, 0.1) is 0 Å². The van der Waals surface area contributed by atoms with Crippen LogP contribution in [0.1, 0.15) is 0 Å².